The van der Waals surface area contributed by atoms with Crippen LogP contribution in [0.4, 0.5) is 4.20 Å². The van der Waals surface area contributed by atoms with Gasteiger partial charge in [-0.2, -0.15) is 0 Å². The summed E-state index contributed by atoms with van der Waals surface area (Å²) in [6.07, 6.45) is 0. The Bertz CT molecular complexity index is 65.4. The second-order valence-electron chi connectivity index (χ2n) is 0.473. The minimum Gasteiger partial charge on any atom is -1.00 e. The summed E-state index contributed by atoms with van der Waals surface area (Å²) in [6, 6.07) is 0. The fourth-order valence-corrected chi connectivity index (χ4v) is 0. The van der Waals surface area contributed by atoms with Gasteiger partial charge in [0.05, 0.1) is 0 Å². The molecule has 0 saturated heterocycles. The molecular formula is H3FO3PRbU. The molecule has 0 saturated carbocycles. The first-order valence-corrected chi connectivity index (χ1v) is 2.25. The van der Waals surface area contributed by atoms with E-state index in [0.717, 1.165) is 0 Å². The Morgan fingerprint density at radius 3 is 1.57 bits per heavy atom. The maximum absolute atomic E-state index is 10.4. The van der Waals surface area contributed by atoms with Crippen molar-refractivity contribution in [1.29, 1.82) is 0 Å². The van der Waals surface area contributed by atoms with Crippen molar-refractivity contribution < 1.29 is 109 Å². The molecule has 0 aromatic heterocycles. The van der Waals surface area contributed by atoms with E-state index < -0.39 is 7.91 Å². The molecule has 7 heavy (non-hydrogen) atoms. The average Bonchev–Trinajstić information content (AvgIpc) is 0.722. The summed E-state index contributed by atoms with van der Waals surface area (Å²) in [5, 5.41) is 0. The van der Waals surface area contributed by atoms with Crippen LogP contribution in [0, 0.1) is 31.1 Å². The van der Waals surface area contributed by atoms with Crippen LogP contribution in [0.1, 0.15) is 1.43 Å². The van der Waals surface area contributed by atoms with E-state index in [1.165, 1.54) is 0 Å². The zero-order chi connectivity index (χ0) is 4.50. The molecule has 0 fully saturated rings. The summed E-state index contributed by atoms with van der Waals surface area (Å²) in [7, 11) is -5.14. The van der Waals surface area contributed by atoms with Gasteiger partial charge in [0.2, 0.25) is 0 Å². The van der Waals surface area contributed by atoms with Crippen LogP contribution in [0.3, 0.4) is 0 Å². The smallest absolute Gasteiger partial charge is 1.00 e. The van der Waals surface area contributed by atoms with Gasteiger partial charge in [-0.25, -0.2) is 4.57 Å². The van der Waals surface area contributed by atoms with Crippen LogP contribution in [-0.2, 0) is 4.57 Å². The molecule has 0 radical (unpaired) electrons. The minimum absolute atomic E-state index is 0. The van der Waals surface area contributed by atoms with Crippen LogP contribution >= 0.6 is 7.91 Å². The van der Waals surface area contributed by atoms with Crippen molar-refractivity contribution in [3.05, 3.63) is 0 Å². The van der Waals surface area contributed by atoms with Gasteiger partial charge in [-0.05, 0) is 0 Å². The molecule has 2 N–H and O–H groups in total. The summed E-state index contributed by atoms with van der Waals surface area (Å²) in [5.41, 5.74) is 0. The van der Waals surface area contributed by atoms with E-state index in [1.54, 1.807) is 0 Å². The van der Waals surface area contributed by atoms with Crippen LogP contribution in [-0.4, -0.2) is 9.79 Å². The fraction of sp³-hybridized carbons (Fsp3) is 0. The quantitative estimate of drug-likeness (QED) is 0.412. The third-order valence-electron chi connectivity index (χ3n) is 0. The van der Waals surface area contributed by atoms with Crippen LogP contribution in [0.5, 0.6) is 0 Å². The zero-order valence-electron chi connectivity index (χ0n) is 4.63. The van der Waals surface area contributed by atoms with Crippen molar-refractivity contribution in [3.8, 4) is 0 Å². The van der Waals surface area contributed by atoms with Crippen molar-refractivity contribution >= 4 is 7.91 Å². The molecule has 0 aromatic carbocycles. The Balaban J connectivity index is -0.0000000267. The summed E-state index contributed by atoms with van der Waals surface area (Å²) in [4.78, 5) is 13.9. The van der Waals surface area contributed by atoms with Gasteiger partial charge in [-0.1, -0.05) is 0 Å². The van der Waals surface area contributed by atoms with Crippen molar-refractivity contribution in [3.63, 3.8) is 0 Å². The van der Waals surface area contributed by atoms with Gasteiger partial charge in [-0.15, -0.1) is 4.20 Å². The Kier molecular flexibility index (Phi) is 16.6. The standard InChI is InChI=1S/FH2O3P.Rb.U.H/c1-5(2,3)4;;;/h(H2,2,3,4);;;/q;+1;;-1. The van der Waals surface area contributed by atoms with E-state index in [2.05, 4.69) is 0 Å². The van der Waals surface area contributed by atoms with Gasteiger partial charge in [-0.3, -0.25) is 9.79 Å². The van der Waals surface area contributed by atoms with Crippen molar-refractivity contribution in [1.82, 2.24) is 0 Å². The third kappa shape index (κ3) is 49.9. The normalized spacial score (nSPS) is 8.43. The number of halogens is 1. The molecule has 0 aliphatic rings. The van der Waals surface area contributed by atoms with Crippen molar-refractivity contribution in [2.75, 3.05) is 0 Å². The molecular weight excluding hydrogens is 421 g/mol. The third-order valence-corrected chi connectivity index (χ3v) is 0. The van der Waals surface area contributed by atoms with Gasteiger partial charge < -0.3 is 1.43 Å². The van der Waals surface area contributed by atoms with E-state index in [0.29, 0.717) is 0 Å². The largest absolute Gasteiger partial charge is 1.00 e. The summed E-state index contributed by atoms with van der Waals surface area (Å²) in [6.45, 7) is 0. The van der Waals surface area contributed by atoms with Crippen molar-refractivity contribution in [2.24, 2.45) is 0 Å². The van der Waals surface area contributed by atoms with Crippen LogP contribution in [0.2, 0.25) is 0 Å². The van der Waals surface area contributed by atoms with Crippen LogP contribution < -0.4 is 58.2 Å². The van der Waals surface area contributed by atoms with E-state index in [4.69, 9.17) is 14.4 Å². The molecule has 0 spiro atoms. The first-order valence-electron chi connectivity index (χ1n) is 0.752. The predicted molar refractivity (Wildman–Crippen MR) is 14.3 cm³/mol. The van der Waals surface area contributed by atoms with Gasteiger partial charge in [0.1, 0.15) is 0 Å². The maximum Gasteiger partial charge on any atom is 1.00 e. The Morgan fingerprint density at radius 1 is 1.57 bits per heavy atom. The van der Waals surface area contributed by atoms with E-state index in [1.807, 2.05) is 0 Å². The Labute approximate surface area is 114 Å². The van der Waals surface area contributed by atoms with Gasteiger partial charge in [0, 0.05) is 31.1 Å². The zero-order valence-corrected chi connectivity index (χ0v) is 13.6. The van der Waals surface area contributed by atoms with Gasteiger partial charge in [0.25, 0.3) is 0 Å². The second kappa shape index (κ2) is 7.05. The molecule has 0 rings (SSSR count). The average molecular weight is 424 g/mol. The molecule has 7 heteroatoms. The molecule has 0 unspecified atom stereocenters. The Morgan fingerprint density at radius 2 is 1.57 bits per heavy atom. The van der Waals surface area contributed by atoms with Crippen LogP contribution in [0.25, 0.3) is 0 Å². The van der Waals surface area contributed by atoms with Crippen molar-refractivity contribution in [2.45, 2.75) is 0 Å². The van der Waals surface area contributed by atoms with E-state index in [-0.39, 0.29) is 90.7 Å². The molecule has 0 heterocycles. The molecule has 0 atom stereocenters. The number of rotatable bonds is 0. The first kappa shape index (κ1) is 16.5. The monoisotopic (exact) mass is 424 g/mol. The predicted octanol–water partition coefficient (Wildman–Crippen LogP) is -2.83. The Hall–Kier alpha value is 2.94. The summed E-state index contributed by atoms with van der Waals surface area (Å²) in [5.74, 6) is 0. The topological polar surface area (TPSA) is 57.5 Å². The van der Waals surface area contributed by atoms with E-state index >= 15 is 0 Å². The van der Waals surface area contributed by atoms with Gasteiger partial charge in [0.15, 0.2) is 0 Å². The number of hydrogen-bond donors (Lipinski definition) is 2. The maximum atomic E-state index is 10.4. The fourth-order valence-electron chi connectivity index (χ4n) is 0. The minimum atomic E-state index is -5.14. The first-order chi connectivity index (χ1) is 2.00. The molecule has 38 valence electrons. The molecule has 0 amide bonds. The molecule has 3 nitrogen and oxygen atoms in total. The van der Waals surface area contributed by atoms with Crippen LogP contribution in [0.15, 0.2) is 0 Å². The van der Waals surface area contributed by atoms with Gasteiger partial charge >= 0.3 is 66.1 Å². The molecule has 0 aliphatic heterocycles. The molecule has 0 aliphatic carbocycles. The molecule has 0 bridgehead atoms. The summed E-state index contributed by atoms with van der Waals surface area (Å²) < 4.78 is 19.0. The SMILES string of the molecule is O=P(O)(O)F.[H-].[Rb+].[U]. The molecule has 0 aromatic rings. The second-order valence-corrected chi connectivity index (χ2v) is 1.42. The summed E-state index contributed by atoms with van der Waals surface area (Å²) >= 11 is 0. The van der Waals surface area contributed by atoms with E-state index in [9.17, 15) is 4.20 Å². The number of hydrogen-bond acceptors (Lipinski definition) is 1.